The smallest absolute Gasteiger partial charge is 0.417 e. The van der Waals surface area contributed by atoms with E-state index < -0.39 is 34.7 Å². The van der Waals surface area contributed by atoms with Crippen molar-refractivity contribution >= 4 is 35.2 Å². The maximum atomic E-state index is 13.0. The predicted octanol–water partition coefficient (Wildman–Crippen LogP) is 3.91. The SMILES string of the molecule is CNC(=O)C1CN(C(=O)/C=C/c2ccc(Cl)c(C(F)(F)F)c2)c2ccccc2O1. The van der Waals surface area contributed by atoms with Crippen LogP contribution in [0.3, 0.4) is 0 Å². The molecular formula is C20H16ClF3N2O3. The van der Waals surface area contributed by atoms with E-state index in [-0.39, 0.29) is 12.1 Å². The van der Waals surface area contributed by atoms with E-state index in [4.69, 9.17) is 16.3 Å². The van der Waals surface area contributed by atoms with Crippen molar-refractivity contribution in [1.29, 1.82) is 0 Å². The number of rotatable bonds is 3. The van der Waals surface area contributed by atoms with Crippen LogP contribution in [-0.2, 0) is 15.8 Å². The fraction of sp³-hybridized carbons (Fsp3) is 0.200. The molecule has 1 unspecified atom stereocenters. The van der Waals surface area contributed by atoms with Gasteiger partial charge in [0, 0.05) is 13.1 Å². The number of hydrogen-bond acceptors (Lipinski definition) is 3. The molecule has 0 aliphatic carbocycles. The first kappa shape index (κ1) is 20.7. The zero-order valence-corrected chi connectivity index (χ0v) is 15.9. The van der Waals surface area contributed by atoms with Gasteiger partial charge in [-0.3, -0.25) is 9.59 Å². The van der Waals surface area contributed by atoms with Gasteiger partial charge in [0.1, 0.15) is 5.75 Å². The summed E-state index contributed by atoms with van der Waals surface area (Å²) < 4.78 is 44.6. The summed E-state index contributed by atoms with van der Waals surface area (Å²) in [6.07, 6.45) is -3.10. The fourth-order valence-corrected chi connectivity index (χ4v) is 3.09. The third-order valence-corrected chi connectivity index (χ3v) is 4.62. The Morgan fingerprint density at radius 2 is 1.97 bits per heavy atom. The second-order valence-electron chi connectivity index (χ2n) is 6.21. The molecule has 1 aliphatic heterocycles. The highest BCUT2D eigenvalue weighted by Crippen LogP contribution is 2.36. The summed E-state index contributed by atoms with van der Waals surface area (Å²) in [5.74, 6) is -0.535. The Hall–Kier alpha value is -3.00. The third kappa shape index (κ3) is 4.54. The number of likely N-dealkylation sites (N-methyl/N-ethyl adjacent to an activating group) is 1. The van der Waals surface area contributed by atoms with E-state index in [9.17, 15) is 22.8 Å². The Kier molecular flexibility index (Phi) is 5.83. The van der Waals surface area contributed by atoms with Crippen LogP contribution in [-0.4, -0.2) is 31.5 Å². The zero-order chi connectivity index (χ0) is 21.2. The lowest BCUT2D eigenvalue weighted by atomic mass is 10.1. The molecule has 0 spiro atoms. The standard InChI is InChI=1S/C20H16ClF3N2O3/c1-25-19(28)17-11-26(15-4-2-3-5-16(15)29-17)18(27)9-7-12-6-8-14(21)13(10-12)20(22,23)24/h2-10,17H,11H2,1H3,(H,25,28)/b9-7+. The number of nitrogens with one attached hydrogen (secondary N) is 1. The number of carbonyl (C=O) groups excluding carboxylic acids is 2. The summed E-state index contributed by atoms with van der Waals surface area (Å²) in [4.78, 5) is 26.1. The molecule has 9 heteroatoms. The predicted molar refractivity (Wildman–Crippen MR) is 103 cm³/mol. The average molecular weight is 425 g/mol. The minimum absolute atomic E-state index is 0.0335. The number of carbonyl (C=O) groups is 2. The molecule has 3 rings (SSSR count). The van der Waals surface area contributed by atoms with Crippen molar-refractivity contribution in [3.05, 3.63) is 64.7 Å². The molecule has 1 atom stereocenters. The van der Waals surface area contributed by atoms with Crippen LogP contribution < -0.4 is 15.0 Å². The Morgan fingerprint density at radius 1 is 1.24 bits per heavy atom. The minimum atomic E-state index is -4.60. The Balaban J connectivity index is 1.87. The van der Waals surface area contributed by atoms with E-state index in [1.165, 1.54) is 24.1 Å². The molecule has 0 bridgehead atoms. The first-order valence-corrected chi connectivity index (χ1v) is 8.92. The minimum Gasteiger partial charge on any atom is -0.477 e. The molecule has 1 N–H and O–H groups in total. The fourth-order valence-electron chi connectivity index (χ4n) is 2.86. The van der Waals surface area contributed by atoms with Crippen LogP contribution >= 0.6 is 11.6 Å². The summed E-state index contributed by atoms with van der Waals surface area (Å²) in [7, 11) is 1.46. The number of para-hydroxylation sites is 2. The van der Waals surface area contributed by atoms with Crippen molar-refractivity contribution in [1.82, 2.24) is 5.32 Å². The summed E-state index contributed by atoms with van der Waals surface area (Å²) >= 11 is 5.61. The van der Waals surface area contributed by atoms with Gasteiger partial charge < -0.3 is 15.0 Å². The van der Waals surface area contributed by atoms with Gasteiger partial charge in [0.05, 0.1) is 22.8 Å². The van der Waals surface area contributed by atoms with Gasteiger partial charge >= 0.3 is 6.18 Å². The molecule has 2 amide bonds. The van der Waals surface area contributed by atoms with Gasteiger partial charge in [-0.1, -0.05) is 29.8 Å². The first-order valence-electron chi connectivity index (χ1n) is 8.54. The van der Waals surface area contributed by atoms with E-state index >= 15 is 0 Å². The van der Waals surface area contributed by atoms with Crippen LogP contribution in [0, 0.1) is 0 Å². The number of anilines is 1. The normalized spacial score (nSPS) is 16.3. The molecule has 0 aromatic heterocycles. The summed E-state index contributed by atoms with van der Waals surface area (Å²) in [5, 5.41) is 2.05. The summed E-state index contributed by atoms with van der Waals surface area (Å²) in [6.45, 7) is -0.0335. The number of hydrogen-bond donors (Lipinski definition) is 1. The zero-order valence-electron chi connectivity index (χ0n) is 15.2. The van der Waals surface area contributed by atoms with Gasteiger partial charge in [-0.2, -0.15) is 13.2 Å². The molecule has 5 nitrogen and oxygen atoms in total. The monoisotopic (exact) mass is 424 g/mol. The summed E-state index contributed by atoms with van der Waals surface area (Å²) in [5.41, 5.74) is -0.348. The lowest BCUT2D eigenvalue weighted by molar-refractivity contribution is -0.137. The number of nitrogens with zero attached hydrogens (tertiary/aromatic N) is 1. The van der Waals surface area contributed by atoms with E-state index in [0.29, 0.717) is 11.4 Å². The number of fused-ring (bicyclic) bond motifs is 1. The van der Waals surface area contributed by atoms with Gasteiger partial charge in [0.2, 0.25) is 0 Å². The van der Waals surface area contributed by atoms with Crippen molar-refractivity contribution in [2.75, 3.05) is 18.5 Å². The number of ether oxygens (including phenoxy) is 1. The van der Waals surface area contributed by atoms with Gasteiger partial charge in [0.25, 0.3) is 11.8 Å². The first-order chi connectivity index (χ1) is 13.7. The topological polar surface area (TPSA) is 58.6 Å². The molecule has 152 valence electrons. The largest absolute Gasteiger partial charge is 0.477 e. The van der Waals surface area contributed by atoms with Crippen LogP contribution in [0.25, 0.3) is 6.08 Å². The van der Waals surface area contributed by atoms with E-state index in [1.807, 2.05) is 0 Å². The van der Waals surface area contributed by atoms with Crippen LogP contribution in [0.2, 0.25) is 5.02 Å². The molecule has 0 saturated carbocycles. The third-order valence-electron chi connectivity index (χ3n) is 4.29. The van der Waals surface area contributed by atoms with Crippen molar-refractivity contribution in [2.24, 2.45) is 0 Å². The lowest BCUT2D eigenvalue weighted by Crippen LogP contribution is -2.49. The highest BCUT2D eigenvalue weighted by atomic mass is 35.5. The molecule has 0 fully saturated rings. The quantitative estimate of drug-likeness (QED) is 0.760. The Labute approximate surface area is 169 Å². The molecule has 29 heavy (non-hydrogen) atoms. The van der Waals surface area contributed by atoms with Gasteiger partial charge in [-0.05, 0) is 35.9 Å². The lowest BCUT2D eigenvalue weighted by Gasteiger charge is -2.33. The highest BCUT2D eigenvalue weighted by molar-refractivity contribution is 6.31. The molecule has 0 radical (unpaired) electrons. The van der Waals surface area contributed by atoms with E-state index in [2.05, 4.69) is 5.32 Å². The van der Waals surface area contributed by atoms with Gasteiger partial charge in [-0.25, -0.2) is 0 Å². The molecular weight excluding hydrogens is 409 g/mol. The highest BCUT2D eigenvalue weighted by Gasteiger charge is 2.34. The Morgan fingerprint density at radius 3 is 2.66 bits per heavy atom. The van der Waals surface area contributed by atoms with Crippen LogP contribution in [0.4, 0.5) is 18.9 Å². The number of benzene rings is 2. The second kappa shape index (κ2) is 8.16. The average Bonchev–Trinajstić information content (AvgIpc) is 2.70. The van der Waals surface area contributed by atoms with Crippen molar-refractivity contribution in [2.45, 2.75) is 12.3 Å². The molecule has 1 heterocycles. The Bertz CT molecular complexity index is 976. The van der Waals surface area contributed by atoms with Crippen molar-refractivity contribution in [3.8, 4) is 5.75 Å². The van der Waals surface area contributed by atoms with Crippen LogP contribution in [0.1, 0.15) is 11.1 Å². The molecule has 2 aromatic carbocycles. The van der Waals surface area contributed by atoms with Crippen LogP contribution in [0.5, 0.6) is 5.75 Å². The maximum absolute atomic E-state index is 13.0. The van der Waals surface area contributed by atoms with E-state index in [0.717, 1.165) is 18.2 Å². The maximum Gasteiger partial charge on any atom is 0.417 e. The van der Waals surface area contributed by atoms with E-state index in [1.54, 1.807) is 24.3 Å². The molecule has 0 saturated heterocycles. The molecule has 2 aromatic rings. The van der Waals surface area contributed by atoms with Crippen LogP contribution in [0.15, 0.2) is 48.5 Å². The van der Waals surface area contributed by atoms with Crippen molar-refractivity contribution in [3.63, 3.8) is 0 Å². The molecule has 1 aliphatic rings. The number of alkyl halides is 3. The van der Waals surface area contributed by atoms with Crippen molar-refractivity contribution < 1.29 is 27.5 Å². The van der Waals surface area contributed by atoms with Gasteiger partial charge in [-0.15, -0.1) is 0 Å². The van der Waals surface area contributed by atoms with Gasteiger partial charge in [0.15, 0.2) is 6.10 Å². The second-order valence-corrected chi connectivity index (χ2v) is 6.61. The number of halogens is 4. The summed E-state index contributed by atoms with van der Waals surface area (Å²) in [6, 6.07) is 10.1. The number of amides is 2.